The maximum absolute atomic E-state index is 11.5. The van der Waals surface area contributed by atoms with E-state index in [1.165, 1.54) is 28.5 Å². The first kappa shape index (κ1) is 21.4. The van der Waals surface area contributed by atoms with Crippen LogP contribution in [-0.2, 0) is 6.42 Å². The molecule has 1 heterocycles. The van der Waals surface area contributed by atoms with E-state index in [1.54, 1.807) is 0 Å². The SMILES string of the molecule is CN(CCCc1cnc2ccccc2c1)CC[C@]1(O)C[C@H]2CC[C@@H]1C=C2c1ccccc1. The van der Waals surface area contributed by atoms with Gasteiger partial charge in [0.05, 0.1) is 11.1 Å². The monoisotopic (exact) mass is 426 g/mol. The molecule has 2 aromatic carbocycles. The number of aliphatic hydroxyl groups is 1. The standard InChI is InChI=1S/C29H34N2O/c1-31(16-7-8-22-18-24-11-5-6-12-28(24)30-21-22)17-15-29(32)20-25-13-14-26(29)19-27(25)23-9-3-2-4-10-23/h2-6,9-12,18-19,21,25-26,32H,7-8,13-17,20H2,1H3/t25-,26-,29+/m1/s1. The summed E-state index contributed by atoms with van der Waals surface area (Å²) in [6.45, 7) is 1.99. The Balaban J connectivity index is 1.13. The highest BCUT2D eigenvalue weighted by molar-refractivity contribution is 5.78. The van der Waals surface area contributed by atoms with Crippen LogP contribution in [0.15, 0.2) is 72.9 Å². The van der Waals surface area contributed by atoms with Crippen molar-refractivity contribution in [3.8, 4) is 0 Å². The molecule has 3 aromatic rings. The molecule has 0 aliphatic heterocycles. The molecule has 3 nitrogen and oxygen atoms in total. The topological polar surface area (TPSA) is 36.4 Å². The van der Waals surface area contributed by atoms with Crippen LogP contribution in [0.5, 0.6) is 0 Å². The smallest absolute Gasteiger partial charge is 0.0728 e. The van der Waals surface area contributed by atoms with Crippen LogP contribution >= 0.6 is 0 Å². The van der Waals surface area contributed by atoms with Gasteiger partial charge in [-0.3, -0.25) is 4.98 Å². The first-order valence-electron chi connectivity index (χ1n) is 12.1. The molecular weight excluding hydrogens is 392 g/mol. The first-order valence-corrected chi connectivity index (χ1v) is 12.1. The third kappa shape index (κ3) is 4.51. The molecule has 0 amide bonds. The van der Waals surface area contributed by atoms with Crippen molar-refractivity contribution >= 4 is 16.5 Å². The third-order valence-corrected chi connectivity index (χ3v) is 7.62. The van der Waals surface area contributed by atoms with Crippen molar-refractivity contribution in [2.45, 2.75) is 44.1 Å². The lowest BCUT2D eigenvalue weighted by Crippen LogP contribution is -2.48. The van der Waals surface area contributed by atoms with Gasteiger partial charge in [0.1, 0.15) is 0 Å². The van der Waals surface area contributed by atoms with Gasteiger partial charge < -0.3 is 10.0 Å². The van der Waals surface area contributed by atoms with Crippen molar-refractivity contribution in [1.29, 1.82) is 0 Å². The van der Waals surface area contributed by atoms with Crippen molar-refractivity contribution in [3.05, 3.63) is 84.1 Å². The number of rotatable bonds is 8. The molecule has 1 aromatic heterocycles. The largest absolute Gasteiger partial charge is 0.389 e. The van der Waals surface area contributed by atoms with Crippen molar-refractivity contribution in [3.63, 3.8) is 0 Å². The minimum atomic E-state index is -0.544. The van der Waals surface area contributed by atoms with Gasteiger partial charge in [-0.25, -0.2) is 0 Å². The van der Waals surface area contributed by atoms with E-state index < -0.39 is 5.60 Å². The van der Waals surface area contributed by atoms with E-state index in [0.717, 1.165) is 50.7 Å². The van der Waals surface area contributed by atoms with E-state index in [9.17, 15) is 5.11 Å². The van der Waals surface area contributed by atoms with E-state index in [2.05, 4.69) is 77.6 Å². The summed E-state index contributed by atoms with van der Waals surface area (Å²) in [5.41, 5.74) is 4.62. The Hall–Kier alpha value is -2.49. The average Bonchev–Trinajstić information content (AvgIpc) is 2.83. The number of aryl methyl sites for hydroxylation is 1. The lowest BCUT2D eigenvalue weighted by atomic mass is 9.61. The molecule has 3 heteroatoms. The molecule has 0 spiro atoms. The van der Waals surface area contributed by atoms with Gasteiger partial charge in [-0.15, -0.1) is 0 Å². The number of fused-ring (bicyclic) bond motifs is 3. The summed E-state index contributed by atoms with van der Waals surface area (Å²) in [6.07, 6.45) is 10.7. The normalized spacial score (nSPS) is 24.8. The number of hydrogen-bond acceptors (Lipinski definition) is 3. The molecule has 0 saturated heterocycles. The van der Waals surface area contributed by atoms with E-state index in [1.807, 2.05) is 12.3 Å². The zero-order valence-corrected chi connectivity index (χ0v) is 19.1. The van der Waals surface area contributed by atoms with E-state index in [0.29, 0.717) is 11.8 Å². The van der Waals surface area contributed by atoms with Gasteiger partial charge in [-0.2, -0.15) is 0 Å². The number of benzene rings is 2. The van der Waals surface area contributed by atoms with Crippen LogP contribution in [0.1, 0.15) is 43.2 Å². The van der Waals surface area contributed by atoms with Crippen molar-refractivity contribution in [2.24, 2.45) is 11.8 Å². The second-order valence-electron chi connectivity index (χ2n) is 9.87. The molecule has 166 valence electrons. The van der Waals surface area contributed by atoms with Gasteiger partial charge in [0.25, 0.3) is 0 Å². The molecular formula is C29H34N2O. The lowest BCUT2D eigenvalue weighted by molar-refractivity contribution is -0.0574. The predicted molar refractivity (Wildman–Crippen MR) is 132 cm³/mol. The Labute approximate surface area is 191 Å². The summed E-state index contributed by atoms with van der Waals surface area (Å²) < 4.78 is 0. The molecule has 3 atom stereocenters. The maximum atomic E-state index is 11.5. The zero-order valence-electron chi connectivity index (χ0n) is 19.1. The summed E-state index contributed by atoms with van der Waals surface area (Å²) in [6, 6.07) is 21.3. The van der Waals surface area contributed by atoms with Gasteiger partial charge in [0.15, 0.2) is 0 Å². The van der Waals surface area contributed by atoms with Crippen LogP contribution in [0.4, 0.5) is 0 Å². The van der Waals surface area contributed by atoms with E-state index >= 15 is 0 Å². The van der Waals surface area contributed by atoms with Crippen LogP contribution in [0.2, 0.25) is 0 Å². The van der Waals surface area contributed by atoms with Crippen molar-refractivity contribution < 1.29 is 5.11 Å². The minimum absolute atomic E-state index is 0.291. The Bertz CT molecular complexity index is 1090. The first-order chi connectivity index (χ1) is 15.6. The third-order valence-electron chi connectivity index (χ3n) is 7.62. The molecule has 0 radical (unpaired) electrons. The summed E-state index contributed by atoms with van der Waals surface area (Å²) >= 11 is 0. The molecule has 6 rings (SSSR count). The number of nitrogens with zero attached hydrogens (tertiary/aromatic N) is 2. The van der Waals surface area contributed by atoms with Gasteiger partial charge in [0, 0.05) is 24.0 Å². The van der Waals surface area contributed by atoms with Crippen LogP contribution in [0.3, 0.4) is 0 Å². The van der Waals surface area contributed by atoms with Crippen molar-refractivity contribution in [2.75, 3.05) is 20.1 Å². The number of para-hydroxylation sites is 1. The summed E-state index contributed by atoms with van der Waals surface area (Å²) in [5.74, 6) is 0.790. The van der Waals surface area contributed by atoms with Gasteiger partial charge >= 0.3 is 0 Å². The minimum Gasteiger partial charge on any atom is -0.389 e. The Morgan fingerprint density at radius 2 is 1.84 bits per heavy atom. The fraction of sp³-hybridized carbons (Fsp3) is 0.414. The highest BCUT2D eigenvalue weighted by atomic mass is 16.3. The Morgan fingerprint density at radius 1 is 1.03 bits per heavy atom. The lowest BCUT2D eigenvalue weighted by Gasteiger charge is -2.48. The molecule has 1 saturated carbocycles. The average molecular weight is 427 g/mol. The Kier molecular flexibility index (Phi) is 6.12. The Morgan fingerprint density at radius 3 is 2.66 bits per heavy atom. The molecule has 2 bridgehead atoms. The molecule has 0 unspecified atom stereocenters. The number of hydrogen-bond donors (Lipinski definition) is 1. The van der Waals surface area contributed by atoms with Crippen LogP contribution in [0, 0.1) is 11.8 Å². The molecule has 32 heavy (non-hydrogen) atoms. The summed E-state index contributed by atoms with van der Waals surface area (Å²) in [4.78, 5) is 6.97. The summed E-state index contributed by atoms with van der Waals surface area (Å²) in [5, 5.41) is 12.7. The van der Waals surface area contributed by atoms with Crippen molar-refractivity contribution in [1.82, 2.24) is 9.88 Å². The molecule has 1 fully saturated rings. The van der Waals surface area contributed by atoms with Gasteiger partial charge in [0.2, 0.25) is 0 Å². The highest BCUT2D eigenvalue weighted by Gasteiger charge is 2.46. The zero-order chi connectivity index (χ0) is 22.0. The van der Waals surface area contributed by atoms with Gasteiger partial charge in [-0.1, -0.05) is 54.6 Å². The fourth-order valence-electron chi connectivity index (χ4n) is 5.74. The molecule has 3 aliphatic carbocycles. The predicted octanol–water partition coefficient (Wildman–Crippen LogP) is 5.73. The second-order valence-corrected chi connectivity index (χ2v) is 9.87. The molecule has 1 N–H and O–H groups in total. The second kappa shape index (κ2) is 9.17. The van der Waals surface area contributed by atoms with E-state index in [-0.39, 0.29) is 0 Å². The number of pyridine rings is 1. The van der Waals surface area contributed by atoms with Gasteiger partial charge in [-0.05, 0) is 86.9 Å². The van der Waals surface area contributed by atoms with Crippen LogP contribution in [0.25, 0.3) is 16.5 Å². The van der Waals surface area contributed by atoms with Crippen LogP contribution in [-0.4, -0.2) is 40.7 Å². The van der Waals surface area contributed by atoms with Crippen LogP contribution < -0.4 is 0 Å². The summed E-state index contributed by atoms with van der Waals surface area (Å²) in [7, 11) is 2.19. The number of allylic oxidation sites excluding steroid dienone is 1. The maximum Gasteiger partial charge on any atom is 0.0728 e. The quantitative estimate of drug-likeness (QED) is 0.499. The number of aromatic nitrogens is 1. The fourth-order valence-corrected chi connectivity index (χ4v) is 5.74. The van der Waals surface area contributed by atoms with E-state index in [4.69, 9.17) is 0 Å². The highest BCUT2D eigenvalue weighted by Crippen LogP contribution is 2.51. The molecule has 3 aliphatic rings.